The summed E-state index contributed by atoms with van der Waals surface area (Å²) in [6, 6.07) is 6.11. The summed E-state index contributed by atoms with van der Waals surface area (Å²) in [6.07, 6.45) is 1.07. The maximum Gasteiger partial charge on any atom is 0.229 e. The Labute approximate surface area is 147 Å². The Bertz CT molecular complexity index is 703. The first kappa shape index (κ1) is 18.2. The van der Waals surface area contributed by atoms with Crippen molar-refractivity contribution in [1.29, 1.82) is 0 Å². The first-order valence-corrected chi connectivity index (χ1v) is 7.62. The molecule has 0 atom stereocenters. The number of aromatic nitrogens is 2. The van der Waals surface area contributed by atoms with Gasteiger partial charge in [0, 0.05) is 37.6 Å². The molecule has 0 amide bonds. The molecule has 0 aliphatic carbocycles. The van der Waals surface area contributed by atoms with E-state index in [-0.39, 0.29) is 24.2 Å². The standard InChI is InChI=1S/C16H21FN6.ClH/c1-11-9-12(20-16-19-10-13(17)15(18)21-16)3-4-14(11)23-7-5-22(2)6-8-23;/h3-4,9-10H,5-8H2,1-2H3,(H3,18,19,20,21);1H. The molecular weight excluding hydrogens is 331 g/mol. The van der Waals surface area contributed by atoms with Crippen LogP contribution in [0.25, 0.3) is 0 Å². The van der Waals surface area contributed by atoms with E-state index < -0.39 is 5.82 Å². The van der Waals surface area contributed by atoms with Gasteiger partial charge in [0.2, 0.25) is 5.95 Å². The van der Waals surface area contributed by atoms with Gasteiger partial charge in [-0.1, -0.05) is 0 Å². The fourth-order valence-corrected chi connectivity index (χ4v) is 2.71. The zero-order chi connectivity index (χ0) is 16.4. The first-order valence-electron chi connectivity index (χ1n) is 7.62. The number of nitrogens with one attached hydrogen (secondary N) is 1. The van der Waals surface area contributed by atoms with Crippen molar-refractivity contribution in [1.82, 2.24) is 14.9 Å². The van der Waals surface area contributed by atoms with Gasteiger partial charge in [0.1, 0.15) is 0 Å². The van der Waals surface area contributed by atoms with E-state index >= 15 is 0 Å². The van der Waals surface area contributed by atoms with E-state index in [1.165, 1.54) is 11.3 Å². The average Bonchev–Trinajstić information content (AvgIpc) is 2.52. The van der Waals surface area contributed by atoms with Crippen molar-refractivity contribution in [3.05, 3.63) is 35.8 Å². The van der Waals surface area contributed by atoms with Crippen LogP contribution in [-0.4, -0.2) is 48.1 Å². The monoisotopic (exact) mass is 352 g/mol. The normalized spacial score (nSPS) is 15.0. The van der Waals surface area contributed by atoms with Gasteiger partial charge in [-0.2, -0.15) is 4.98 Å². The molecule has 1 aliphatic heterocycles. The Morgan fingerprint density at radius 3 is 2.54 bits per heavy atom. The minimum absolute atomic E-state index is 0. The number of halogens is 2. The van der Waals surface area contributed by atoms with Crippen molar-refractivity contribution < 1.29 is 4.39 Å². The lowest BCUT2D eigenvalue weighted by Gasteiger charge is -2.35. The van der Waals surface area contributed by atoms with E-state index in [0.29, 0.717) is 0 Å². The number of anilines is 4. The Morgan fingerprint density at radius 2 is 1.92 bits per heavy atom. The second-order valence-corrected chi connectivity index (χ2v) is 5.84. The summed E-state index contributed by atoms with van der Waals surface area (Å²) in [5.74, 6) is -0.485. The van der Waals surface area contributed by atoms with Gasteiger partial charge in [-0.3, -0.25) is 0 Å². The Kier molecular flexibility index (Phi) is 5.80. The lowest BCUT2D eigenvalue weighted by atomic mass is 10.1. The van der Waals surface area contributed by atoms with E-state index in [0.717, 1.165) is 38.1 Å². The van der Waals surface area contributed by atoms with Gasteiger partial charge < -0.3 is 20.9 Å². The van der Waals surface area contributed by atoms with Crippen molar-refractivity contribution in [2.45, 2.75) is 6.92 Å². The number of piperazine rings is 1. The van der Waals surface area contributed by atoms with Gasteiger partial charge in [0.05, 0.1) is 6.20 Å². The summed E-state index contributed by atoms with van der Waals surface area (Å²) in [5, 5.41) is 3.05. The predicted octanol–water partition coefficient (Wildman–Crippen LogP) is 2.42. The summed E-state index contributed by atoms with van der Waals surface area (Å²) in [7, 11) is 2.14. The topological polar surface area (TPSA) is 70.3 Å². The summed E-state index contributed by atoms with van der Waals surface area (Å²) < 4.78 is 13.1. The number of benzene rings is 1. The summed E-state index contributed by atoms with van der Waals surface area (Å²) >= 11 is 0. The van der Waals surface area contributed by atoms with Gasteiger partial charge in [-0.05, 0) is 37.7 Å². The third kappa shape index (κ3) is 4.04. The van der Waals surface area contributed by atoms with Crippen LogP contribution in [0, 0.1) is 12.7 Å². The molecule has 3 N–H and O–H groups in total. The number of nitrogens with zero attached hydrogens (tertiary/aromatic N) is 4. The van der Waals surface area contributed by atoms with Gasteiger partial charge >= 0.3 is 0 Å². The largest absolute Gasteiger partial charge is 0.381 e. The molecule has 1 aromatic heterocycles. The molecule has 6 nitrogen and oxygen atoms in total. The highest BCUT2D eigenvalue weighted by Gasteiger charge is 2.16. The molecule has 0 radical (unpaired) electrons. The molecule has 3 rings (SSSR count). The second-order valence-electron chi connectivity index (χ2n) is 5.84. The Hall–Kier alpha value is -2.12. The zero-order valence-corrected chi connectivity index (χ0v) is 14.6. The van der Waals surface area contributed by atoms with Crippen molar-refractivity contribution in [2.75, 3.05) is 49.2 Å². The molecule has 8 heteroatoms. The maximum atomic E-state index is 13.1. The van der Waals surface area contributed by atoms with Gasteiger partial charge in [-0.25, -0.2) is 9.37 Å². The Balaban J connectivity index is 0.00000208. The molecule has 0 bridgehead atoms. The first-order chi connectivity index (χ1) is 11.0. The molecule has 1 fully saturated rings. The van der Waals surface area contributed by atoms with Crippen LogP contribution in [0.2, 0.25) is 0 Å². The molecule has 1 saturated heterocycles. The third-order valence-electron chi connectivity index (χ3n) is 4.07. The third-order valence-corrected chi connectivity index (χ3v) is 4.07. The number of aryl methyl sites for hydroxylation is 1. The van der Waals surface area contributed by atoms with Crippen LogP contribution in [0.5, 0.6) is 0 Å². The van der Waals surface area contributed by atoms with E-state index in [4.69, 9.17) is 5.73 Å². The fraction of sp³-hybridized carbons (Fsp3) is 0.375. The van der Waals surface area contributed by atoms with Crippen LogP contribution in [0.15, 0.2) is 24.4 Å². The molecule has 2 heterocycles. The summed E-state index contributed by atoms with van der Waals surface area (Å²) in [4.78, 5) is 12.5. The van der Waals surface area contributed by atoms with Gasteiger partial charge in [0.15, 0.2) is 11.6 Å². The number of likely N-dealkylation sites (N-methyl/N-ethyl adjacent to an activating group) is 1. The van der Waals surface area contributed by atoms with Crippen LogP contribution in [-0.2, 0) is 0 Å². The Morgan fingerprint density at radius 1 is 1.21 bits per heavy atom. The minimum Gasteiger partial charge on any atom is -0.381 e. The second kappa shape index (κ2) is 7.63. The highest BCUT2D eigenvalue weighted by atomic mass is 35.5. The molecule has 130 valence electrons. The van der Waals surface area contributed by atoms with Crippen LogP contribution in [0.1, 0.15) is 5.56 Å². The summed E-state index contributed by atoms with van der Waals surface area (Å²) in [5.41, 5.74) is 8.73. The number of hydrogen-bond donors (Lipinski definition) is 2. The molecule has 2 aromatic rings. The SMILES string of the molecule is Cc1cc(Nc2ncc(F)c(N)n2)ccc1N1CCN(C)CC1.Cl. The van der Waals surface area contributed by atoms with Crippen LogP contribution >= 0.6 is 12.4 Å². The van der Waals surface area contributed by atoms with Crippen LogP contribution < -0.4 is 16.0 Å². The van der Waals surface area contributed by atoms with Crippen molar-refractivity contribution in [3.8, 4) is 0 Å². The van der Waals surface area contributed by atoms with Crippen molar-refractivity contribution in [2.24, 2.45) is 0 Å². The van der Waals surface area contributed by atoms with Crippen LogP contribution in [0.4, 0.5) is 27.5 Å². The van der Waals surface area contributed by atoms with Gasteiger partial charge in [0.25, 0.3) is 0 Å². The predicted molar refractivity (Wildman–Crippen MR) is 97.8 cm³/mol. The molecule has 24 heavy (non-hydrogen) atoms. The molecular formula is C16H22ClFN6. The summed E-state index contributed by atoms with van der Waals surface area (Å²) in [6.45, 7) is 6.28. The molecule has 0 spiro atoms. The smallest absolute Gasteiger partial charge is 0.229 e. The van der Waals surface area contributed by atoms with Gasteiger partial charge in [-0.15, -0.1) is 12.4 Å². The van der Waals surface area contributed by atoms with E-state index in [2.05, 4.69) is 45.1 Å². The number of rotatable bonds is 3. The zero-order valence-electron chi connectivity index (χ0n) is 13.8. The number of nitrogen functional groups attached to an aromatic ring is 1. The van der Waals surface area contributed by atoms with Crippen molar-refractivity contribution in [3.63, 3.8) is 0 Å². The molecule has 1 aromatic carbocycles. The van der Waals surface area contributed by atoms with Crippen molar-refractivity contribution >= 4 is 35.5 Å². The van der Waals surface area contributed by atoms with E-state index in [9.17, 15) is 4.39 Å². The fourth-order valence-electron chi connectivity index (χ4n) is 2.71. The minimum atomic E-state index is -0.614. The lowest BCUT2D eigenvalue weighted by molar-refractivity contribution is 0.312. The lowest BCUT2D eigenvalue weighted by Crippen LogP contribution is -2.44. The van der Waals surface area contributed by atoms with E-state index in [1.54, 1.807) is 0 Å². The number of hydrogen-bond acceptors (Lipinski definition) is 6. The molecule has 0 unspecified atom stereocenters. The van der Waals surface area contributed by atoms with Crippen LogP contribution in [0.3, 0.4) is 0 Å². The number of nitrogens with two attached hydrogens (primary N) is 1. The van der Waals surface area contributed by atoms with E-state index in [1.807, 2.05) is 12.1 Å². The average molecular weight is 353 g/mol. The maximum absolute atomic E-state index is 13.1. The molecule has 1 aliphatic rings. The molecule has 0 saturated carbocycles. The quantitative estimate of drug-likeness (QED) is 0.884. The highest BCUT2D eigenvalue weighted by Crippen LogP contribution is 2.26. The highest BCUT2D eigenvalue weighted by molar-refractivity contribution is 5.85.